The summed E-state index contributed by atoms with van der Waals surface area (Å²) in [6.07, 6.45) is 5.92. The molecule has 20 heavy (non-hydrogen) atoms. The lowest BCUT2D eigenvalue weighted by Crippen LogP contribution is -2.55. The van der Waals surface area contributed by atoms with Crippen LogP contribution in [0.3, 0.4) is 0 Å². The van der Waals surface area contributed by atoms with Crippen LogP contribution < -0.4 is 5.32 Å². The van der Waals surface area contributed by atoms with E-state index in [4.69, 9.17) is 0 Å². The first-order valence-corrected chi connectivity index (χ1v) is 7.81. The van der Waals surface area contributed by atoms with E-state index < -0.39 is 12.0 Å². The third-order valence-corrected chi connectivity index (χ3v) is 4.55. The molecule has 1 saturated heterocycles. The number of hydrogen-bond acceptors (Lipinski definition) is 2. The van der Waals surface area contributed by atoms with Crippen molar-refractivity contribution in [3.8, 4) is 0 Å². The van der Waals surface area contributed by atoms with Gasteiger partial charge in [0.2, 0.25) is 0 Å². The summed E-state index contributed by atoms with van der Waals surface area (Å²) >= 11 is 0. The van der Waals surface area contributed by atoms with Crippen LogP contribution in [0.2, 0.25) is 0 Å². The van der Waals surface area contributed by atoms with E-state index in [9.17, 15) is 14.7 Å². The Balaban J connectivity index is 1.92. The van der Waals surface area contributed by atoms with Crippen molar-refractivity contribution in [2.75, 3.05) is 6.54 Å². The highest BCUT2D eigenvalue weighted by atomic mass is 16.4. The SMILES string of the molecule is CCC(CC1CC1)NC(=O)N1CCC(C)CC1C(=O)O. The van der Waals surface area contributed by atoms with Gasteiger partial charge >= 0.3 is 12.0 Å². The molecule has 0 bridgehead atoms. The topological polar surface area (TPSA) is 69.6 Å². The van der Waals surface area contributed by atoms with Crippen molar-refractivity contribution in [2.45, 2.75) is 64.5 Å². The number of carbonyl (C=O) groups excluding carboxylic acids is 1. The second kappa shape index (κ2) is 6.46. The van der Waals surface area contributed by atoms with E-state index in [0.29, 0.717) is 18.9 Å². The Kier molecular flexibility index (Phi) is 4.89. The molecule has 3 unspecified atom stereocenters. The van der Waals surface area contributed by atoms with Crippen molar-refractivity contribution < 1.29 is 14.7 Å². The molecular weight excluding hydrogens is 256 g/mol. The Hall–Kier alpha value is -1.26. The second-order valence-electron chi connectivity index (χ2n) is 6.41. The van der Waals surface area contributed by atoms with Gasteiger partial charge in [-0.05, 0) is 37.5 Å². The predicted octanol–water partition coefficient (Wildman–Crippen LogP) is 2.46. The standard InChI is InChI=1S/C15H26N2O3/c1-3-12(9-11-4-5-11)16-15(20)17-7-6-10(2)8-13(17)14(18)19/h10-13H,3-9H2,1-2H3,(H,16,20)(H,18,19). The first kappa shape index (κ1) is 15.1. The van der Waals surface area contributed by atoms with E-state index >= 15 is 0 Å². The molecule has 0 spiro atoms. The molecular formula is C15H26N2O3. The van der Waals surface area contributed by atoms with E-state index in [2.05, 4.69) is 12.2 Å². The van der Waals surface area contributed by atoms with Gasteiger partial charge in [-0.25, -0.2) is 9.59 Å². The van der Waals surface area contributed by atoms with Gasteiger partial charge in [-0.3, -0.25) is 0 Å². The van der Waals surface area contributed by atoms with Crippen LogP contribution in [0, 0.1) is 11.8 Å². The van der Waals surface area contributed by atoms with Gasteiger partial charge in [-0.2, -0.15) is 0 Å². The highest BCUT2D eigenvalue weighted by Gasteiger charge is 2.35. The van der Waals surface area contributed by atoms with Gasteiger partial charge < -0.3 is 15.3 Å². The van der Waals surface area contributed by atoms with E-state index in [0.717, 1.165) is 25.2 Å². The number of carboxylic acid groups (broad SMARTS) is 1. The minimum Gasteiger partial charge on any atom is -0.480 e. The monoisotopic (exact) mass is 282 g/mol. The third-order valence-electron chi connectivity index (χ3n) is 4.55. The number of rotatable bonds is 5. The number of amides is 2. The van der Waals surface area contributed by atoms with Gasteiger partial charge in [0.1, 0.15) is 6.04 Å². The van der Waals surface area contributed by atoms with Gasteiger partial charge in [-0.1, -0.05) is 26.7 Å². The molecule has 2 N–H and O–H groups in total. The van der Waals surface area contributed by atoms with Crippen LogP contribution >= 0.6 is 0 Å². The molecule has 3 atom stereocenters. The van der Waals surface area contributed by atoms with E-state index in [1.165, 1.54) is 17.7 Å². The molecule has 5 heteroatoms. The first-order valence-electron chi connectivity index (χ1n) is 7.81. The minimum absolute atomic E-state index is 0.184. The molecule has 1 aliphatic carbocycles. The molecule has 2 fully saturated rings. The van der Waals surface area contributed by atoms with Crippen molar-refractivity contribution in [2.24, 2.45) is 11.8 Å². The Morgan fingerprint density at radius 3 is 2.60 bits per heavy atom. The summed E-state index contributed by atoms with van der Waals surface area (Å²) in [5.74, 6) is 0.243. The Bertz CT molecular complexity index is 368. The molecule has 0 radical (unpaired) electrons. The van der Waals surface area contributed by atoms with Crippen LogP contribution in [-0.2, 0) is 4.79 Å². The Morgan fingerprint density at radius 1 is 1.35 bits per heavy atom. The molecule has 2 amide bonds. The molecule has 114 valence electrons. The highest BCUT2D eigenvalue weighted by Crippen LogP contribution is 2.34. The summed E-state index contributed by atoms with van der Waals surface area (Å²) in [6, 6.07) is -0.683. The smallest absolute Gasteiger partial charge is 0.326 e. The van der Waals surface area contributed by atoms with Crippen LogP contribution in [0.15, 0.2) is 0 Å². The molecule has 1 saturated carbocycles. The largest absolute Gasteiger partial charge is 0.480 e. The predicted molar refractivity (Wildman–Crippen MR) is 76.5 cm³/mol. The number of nitrogens with one attached hydrogen (secondary N) is 1. The maximum atomic E-state index is 12.3. The van der Waals surface area contributed by atoms with Gasteiger partial charge in [-0.15, -0.1) is 0 Å². The average molecular weight is 282 g/mol. The zero-order valence-electron chi connectivity index (χ0n) is 12.5. The van der Waals surface area contributed by atoms with Crippen LogP contribution in [0.25, 0.3) is 0 Å². The highest BCUT2D eigenvalue weighted by molar-refractivity contribution is 5.83. The lowest BCUT2D eigenvalue weighted by Gasteiger charge is -2.36. The molecule has 2 rings (SSSR count). The van der Waals surface area contributed by atoms with Crippen molar-refractivity contribution >= 4 is 12.0 Å². The number of likely N-dealkylation sites (tertiary alicyclic amines) is 1. The van der Waals surface area contributed by atoms with Gasteiger partial charge in [0.25, 0.3) is 0 Å². The number of piperidine rings is 1. The maximum Gasteiger partial charge on any atom is 0.326 e. The summed E-state index contributed by atoms with van der Waals surface area (Å²) < 4.78 is 0. The third kappa shape index (κ3) is 3.87. The van der Waals surface area contributed by atoms with Crippen molar-refractivity contribution in [1.29, 1.82) is 0 Å². The van der Waals surface area contributed by atoms with Crippen molar-refractivity contribution in [1.82, 2.24) is 10.2 Å². The van der Waals surface area contributed by atoms with Gasteiger partial charge in [0.05, 0.1) is 0 Å². The van der Waals surface area contributed by atoms with Crippen LogP contribution in [0.1, 0.15) is 52.4 Å². The van der Waals surface area contributed by atoms with Crippen LogP contribution in [0.5, 0.6) is 0 Å². The molecule has 1 aliphatic heterocycles. The number of aliphatic carboxylic acids is 1. The lowest BCUT2D eigenvalue weighted by molar-refractivity contribution is -0.143. The summed E-state index contributed by atoms with van der Waals surface area (Å²) in [5, 5.41) is 12.3. The number of carboxylic acids is 1. The molecule has 2 aliphatic rings. The molecule has 0 aromatic heterocycles. The first-order chi connectivity index (χ1) is 9.51. The normalized spacial score (nSPS) is 28.0. The Morgan fingerprint density at radius 2 is 2.05 bits per heavy atom. The molecule has 1 heterocycles. The summed E-state index contributed by atoms with van der Waals surface area (Å²) in [4.78, 5) is 25.2. The Labute approximate surface area is 120 Å². The maximum absolute atomic E-state index is 12.3. The number of hydrogen-bond donors (Lipinski definition) is 2. The van der Waals surface area contributed by atoms with Crippen molar-refractivity contribution in [3.63, 3.8) is 0 Å². The molecule has 5 nitrogen and oxygen atoms in total. The molecule has 0 aromatic carbocycles. The lowest BCUT2D eigenvalue weighted by atomic mass is 9.92. The van der Waals surface area contributed by atoms with Gasteiger partial charge in [0, 0.05) is 12.6 Å². The van der Waals surface area contributed by atoms with E-state index in [1.54, 1.807) is 0 Å². The summed E-state index contributed by atoms with van der Waals surface area (Å²) in [5.41, 5.74) is 0. The number of urea groups is 1. The quantitative estimate of drug-likeness (QED) is 0.813. The van der Waals surface area contributed by atoms with Gasteiger partial charge in [0.15, 0.2) is 0 Å². The second-order valence-corrected chi connectivity index (χ2v) is 6.41. The minimum atomic E-state index is -0.887. The van der Waals surface area contributed by atoms with Crippen molar-refractivity contribution in [3.05, 3.63) is 0 Å². The molecule has 0 aromatic rings. The summed E-state index contributed by atoms with van der Waals surface area (Å²) in [7, 11) is 0. The average Bonchev–Trinajstić information content (AvgIpc) is 3.21. The fourth-order valence-electron chi connectivity index (χ4n) is 2.96. The summed E-state index contributed by atoms with van der Waals surface area (Å²) in [6.45, 7) is 4.66. The fourth-order valence-corrected chi connectivity index (χ4v) is 2.96. The fraction of sp³-hybridized carbons (Fsp3) is 0.867. The van der Waals surface area contributed by atoms with Crippen LogP contribution in [0.4, 0.5) is 4.79 Å². The number of nitrogens with zero attached hydrogens (tertiary/aromatic N) is 1. The van der Waals surface area contributed by atoms with E-state index in [-0.39, 0.29) is 12.1 Å². The number of carbonyl (C=O) groups is 2. The zero-order chi connectivity index (χ0) is 14.7. The zero-order valence-corrected chi connectivity index (χ0v) is 12.5. The van der Waals surface area contributed by atoms with Crippen LogP contribution in [-0.4, -0.2) is 40.6 Å². The van der Waals surface area contributed by atoms with E-state index in [1.807, 2.05) is 6.92 Å².